The lowest BCUT2D eigenvalue weighted by Crippen LogP contribution is -2.35. The highest BCUT2D eigenvalue weighted by atomic mass is 19.4. The van der Waals surface area contributed by atoms with Crippen LogP contribution in [0.1, 0.15) is 11.4 Å². The van der Waals surface area contributed by atoms with E-state index in [1.165, 1.54) is 4.68 Å². The summed E-state index contributed by atoms with van der Waals surface area (Å²) in [4.78, 5) is 10.5. The molecule has 1 aromatic rings. The van der Waals surface area contributed by atoms with Crippen molar-refractivity contribution in [3.8, 4) is 5.75 Å². The van der Waals surface area contributed by atoms with Crippen molar-refractivity contribution in [2.45, 2.75) is 20.0 Å². The van der Waals surface area contributed by atoms with Gasteiger partial charge in [0.25, 0.3) is 0 Å². The normalized spacial score (nSPS) is 13.4. The monoisotopic (exact) mass is 266 g/mol. The van der Waals surface area contributed by atoms with Crippen molar-refractivity contribution in [2.24, 2.45) is 13.0 Å². The Labute approximate surface area is 101 Å². The largest absolute Gasteiger partial charge is 0.488 e. The lowest BCUT2D eigenvalue weighted by Gasteiger charge is -2.16. The zero-order valence-corrected chi connectivity index (χ0v) is 10.1. The smallest absolute Gasteiger partial charge is 0.405 e. The van der Waals surface area contributed by atoms with Crippen LogP contribution in [0, 0.1) is 19.8 Å². The van der Waals surface area contributed by atoms with Gasteiger partial charge in [0.2, 0.25) is 0 Å². The summed E-state index contributed by atoms with van der Waals surface area (Å²) in [5, 5.41) is 12.5. The number of rotatable bonds is 4. The third kappa shape index (κ3) is 2.93. The van der Waals surface area contributed by atoms with Gasteiger partial charge in [-0.25, -0.2) is 0 Å². The molecule has 0 aromatic carbocycles. The first-order chi connectivity index (χ1) is 8.14. The topological polar surface area (TPSA) is 64.4 Å². The molecule has 1 aromatic heterocycles. The second-order valence-corrected chi connectivity index (χ2v) is 3.87. The van der Waals surface area contributed by atoms with Gasteiger partial charge in [0.15, 0.2) is 11.7 Å². The van der Waals surface area contributed by atoms with Crippen LogP contribution in [0.3, 0.4) is 0 Å². The third-order valence-electron chi connectivity index (χ3n) is 2.53. The van der Waals surface area contributed by atoms with E-state index < -0.39 is 24.7 Å². The summed E-state index contributed by atoms with van der Waals surface area (Å²) in [6.07, 6.45) is -4.84. The quantitative estimate of drug-likeness (QED) is 0.900. The predicted molar refractivity (Wildman–Crippen MR) is 55.4 cm³/mol. The molecule has 0 aliphatic carbocycles. The molecule has 0 aliphatic rings. The van der Waals surface area contributed by atoms with Gasteiger partial charge in [-0.2, -0.15) is 18.3 Å². The van der Waals surface area contributed by atoms with Crippen molar-refractivity contribution in [1.82, 2.24) is 9.78 Å². The van der Waals surface area contributed by atoms with Gasteiger partial charge in [0.1, 0.15) is 12.3 Å². The number of carboxylic acids is 1. The molecule has 0 bridgehead atoms. The maximum absolute atomic E-state index is 12.4. The molecule has 0 aliphatic heterocycles. The number of ether oxygens (including phenoxy) is 1. The Balaban J connectivity index is 2.83. The van der Waals surface area contributed by atoms with E-state index in [2.05, 4.69) is 5.10 Å². The summed E-state index contributed by atoms with van der Waals surface area (Å²) in [5.74, 6) is -4.31. The van der Waals surface area contributed by atoms with E-state index in [1.807, 2.05) is 0 Å². The Morgan fingerprint density at radius 1 is 1.50 bits per heavy atom. The van der Waals surface area contributed by atoms with Crippen LogP contribution in [-0.2, 0) is 11.8 Å². The molecule has 102 valence electrons. The average Bonchev–Trinajstić information content (AvgIpc) is 2.41. The molecule has 5 nitrogen and oxygen atoms in total. The molecule has 0 fully saturated rings. The molecule has 0 radical (unpaired) electrons. The fraction of sp³-hybridized carbons (Fsp3) is 0.600. The second kappa shape index (κ2) is 4.87. The first-order valence-electron chi connectivity index (χ1n) is 5.07. The summed E-state index contributed by atoms with van der Waals surface area (Å²) in [6.45, 7) is 2.23. The van der Waals surface area contributed by atoms with Crippen LogP contribution in [0.25, 0.3) is 0 Å². The Morgan fingerprint density at radius 3 is 2.39 bits per heavy atom. The van der Waals surface area contributed by atoms with Crippen molar-refractivity contribution in [1.29, 1.82) is 0 Å². The molecule has 18 heavy (non-hydrogen) atoms. The molecule has 0 saturated carbocycles. The van der Waals surface area contributed by atoms with Crippen molar-refractivity contribution in [3.63, 3.8) is 0 Å². The maximum Gasteiger partial charge on any atom is 0.405 e. The molecule has 8 heteroatoms. The molecular weight excluding hydrogens is 253 g/mol. The van der Waals surface area contributed by atoms with Gasteiger partial charge in [0.05, 0.1) is 5.69 Å². The number of aliphatic carboxylic acids is 1. The van der Waals surface area contributed by atoms with Crippen LogP contribution >= 0.6 is 0 Å². The first kappa shape index (κ1) is 14.3. The molecule has 1 heterocycles. The fourth-order valence-electron chi connectivity index (χ4n) is 1.44. The number of hydrogen-bond donors (Lipinski definition) is 1. The highest BCUT2D eigenvalue weighted by molar-refractivity contribution is 5.71. The summed E-state index contributed by atoms with van der Waals surface area (Å²) >= 11 is 0. The minimum Gasteiger partial charge on any atom is -0.488 e. The molecular formula is C10H13F3N2O3. The van der Waals surface area contributed by atoms with Gasteiger partial charge in [0, 0.05) is 7.05 Å². The summed E-state index contributed by atoms with van der Waals surface area (Å²) < 4.78 is 43.6. The fourth-order valence-corrected chi connectivity index (χ4v) is 1.44. The highest BCUT2D eigenvalue weighted by Crippen LogP contribution is 2.29. The number of halogens is 3. The third-order valence-corrected chi connectivity index (χ3v) is 2.53. The highest BCUT2D eigenvalue weighted by Gasteiger charge is 2.46. The first-order valence-corrected chi connectivity index (χ1v) is 5.07. The van der Waals surface area contributed by atoms with Gasteiger partial charge in [-0.05, 0) is 13.8 Å². The zero-order valence-electron chi connectivity index (χ0n) is 10.1. The number of carbonyl (C=O) groups is 1. The summed E-state index contributed by atoms with van der Waals surface area (Å²) in [5.41, 5.74) is 0.958. The van der Waals surface area contributed by atoms with Crippen molar-refractivity contribution < 1.29 is 27.8 Å². The van der Waals surface area contributed by atoms with E-state index in [1.54, 1.807) is 20.9 Å². The van der Waals surface area contributed by atoms with E-state index in [4.69, 9.17) is 9.84 Å². The van der Waals surface area contributed by atoms with Gasteiger partial charge in [-0.15, -0.1) is 0 Å². The number of aromatic nitrogens is 2. The number of nitrogens with zero attached hydrogens (tertiary/aromatic N) is 2. The van der Waals surface area contributed by atoms with E-state index in [-0.39, 0.29) is 5.75 Å². The van der Waals surface area contributed by atoms with Crippen molar-refractivity contribution in [2.75, 3.05) is 6.61 Å². The van der Waals surface area contributed by atoms with Crippen molar-refractivity contribution in [3.05, 3.63) is 11.4 Å². The maximum atomic E-state index is 12.4. The lowest BCUT2D eigenvalue weighted by molar-refractivity contribution is -0.198. The molecule has 1 atom stereocenters. The molecule has 0 spiro atoms. The Kier molecular flexibility index (Phi) is 3.88. The molecule has 1 rings (SSSR count). The van der Waals surface area contributed by atoms with Crippen LogP contribution in [0.15, 0.2) is 0 Å². The van der Waals surface area contributed by atoms with Gasteiger partial charge >= 0.3 is 12.1 Å². The van der Waals surface area contributed by atoms with Crippen LogP contribution < -0.4 is 4.74 Å². The van der Waals surface area contributed by atoms with Crippen LogP contribution in [0.2, 0.25) is 0 Å². The second-order valence-electron chi connectivity index (χ2n) is 3.87. The number of aryl methyl sites for hydroxylation is 2. The number of alkyl halides is 3. The average molecular weight is 266 g/mol. The van der Waals surface area contributed by atoms with E-state index >= 15 is 0 Å². The molecule has 0 saturated heterocycles. The van der Waals surface area contributed by atoms with Crippen LogP contribution in [-0.4, -0.2) is 33.6 Å². The van der Waals surface area contributed by atoms with Crippen LogP contribution in [0.5, 0.6) is 5.75 Å². The Bertz CT molecular complexity index is 454. The van der Waals surface area contributed by atoms with Gasteiger partial charge in [-0.1, -0.05) is 0 Å². The van der Waals surface area contributed by atoms with E-state index in [0.29, 0.717) is 11.4 Å². The zero-order chi connectivity index (χ0) is 14.1. The molecule has 1 N–H and O–H groups in total. The molecule has 1 unspecified atom stereocenters. The Morgan fingerprint density at radius 2 is 2.06 bits per heavy atom. The number of carboxylic acid groups (broad SMARTS) is 1. The van der Waals surface area contributed by atoms with Gasteiger partial charge in [-0.3, -0.25) is 9.48 Å². The van der Waals surface area contributed by atoms with E-state index in [9.17, 15) is 18.0 Å². The summed E-state index contributed by atoms with van der Waals surface area (Å²) in [6, 6.07) is 0. The van der Waals surface area contributed by atoms with Gasteiger partial charge < -0.3 is 9.84 Å². The van der Waals surface area contributed by atoms with Crippen LogP contribution in [0.4, 0.5) is 13.2 Å². The predicted octanol–water partition coefficient (Wildman–Crippen LogP) is 1.68. The summed E-state index contributed by atoms with van der Waals surface area (Å²) in [7, 11) is 1.62. The minimum absolute atomic E-state index is 0.188. The minimum atomic E-state index is -4.84. The lowest BCUT2D eigenvalue weighted by atomic mass is 10.1. The number of hydrogen-bond acceptors (Lipinski definition) is 3. The molecule has 0 amide bonds. The van der Waals surface area contributed by atoms with E-state index in [0.717, 1.165) is 0 Å². The Hall–Kier alpha value is -1.73. The standard InChI is InChI=1S/C10H13F3N2O3/c1-5-8(6(2)15(3)14-5)18-4-7(9(16)17)10(11,12)13/h7H,4H2,1-3H3,(H,16,17). The SMILES string of the molecule is Cc1nn(C)c(C)c1OCC(C(=O)O)C(F)(F)F. The van der Waals surface area contributed by atoms with Crippen molar-refractivity contribution >= 4 is 5.97 Å².